The third kappa shape index (κ3) is 5.16. The van der Waals surface area contributed by atoms with Gasteiger partial charge in [0.15, 0.2) is 23.0 Å². The smallest absolute Gasteiger partial charge is 0.336 e. The lowest BCUT2D eigenvalue weighted by Gasteiger charge is -2.38. The number of rotatable bonds is 8. The maximum absolute atomic E-state index is 13.9. The minimum atomic E-state index is -0.639. The van der Waals surface area contributed by atoms with Crippen molar-refractivity contribution in [3.8, 4) is 23.0 Å². The molecule has 9 heteroatoms. The van der Waals surface area contributed by atoms with Crippen LogP contribution in [0.5, 0.6) is 23.0 Å². The molecule has 0 amide bonds. The first-order valence-electron chi connectivity index (χ1n) is 12.6. The molecule has 2 aromatic rings. The van der Waals surface area contributed by atoms with Gasteiger partial charge in [-0.05, 0) is 84.4 Å². The van der Waals surface area contributed by atoms with Gasteiger partial charge in [-0.25, -0.2) is 4.79 Å². The Hall–Kier alpha value is -3.33. The summed E-state index contributed by atoms with van der Waals surface area (Å²) in [6.45, 7) is 5.87. The molecule has 1 unspecified atom stereocenters. The highest BCUT2D eigenvalue weighted by molar-refractivity contribution is 9.10. The summed E-state index contributed by atoms with van der Waals surface area (Å²) in [5.41, 5.74) is 3.20. The van der Waals surface area contributed by atoms with Gasteiger partial charge < -0.3 is 24.1 Å². The first-order chi connectivity index (χ1) is 18.2. The van der Waals surface area contributed by atoms with Gasteiger partial charge in [0.05, 0.1) is 43.4 Å². The molecule has 1 fully saturated rings. The standard InChI is InChI=1S/C29H32BrNO7/c1-6-37-24-14-18(10-19(30)28(24)33)26-25(29(34)38-7-2)15(3)31-20-11-17(12-21(32)27(20)26)16-8-9-22(35-4)23(13-16)36-5/h8-10,13-14,17,26-27,33H,6-7,11-12H2,1-5H3/t17-,26+,27?/m0/s1. The zero-order valence-electron chi connectivity index (χ0n) is 22.2. The van der Waals surface area contributed by atoms with Crippen molar-refractivity contribution in [3.05, 3.63) is 57.2 Å². The Kier molecular flexibility index (Phi) is 8.45. The van der Waals surface area contributed by atoms with E-state index in [0.717, 1.165) is 11.3 Å². The fraction of sp³-hybridized carbons (Fsp3) is 0.414. The highest BCUT2D eigenvalue weighted by Crippen LogP contribution is 2.49. The van der Waals surface area contributed by atoms with Crippen molar-refractivity contribution in [2.75, 3.05) is 27.4 Å². The van der Waals surface area contributed by atoms with Gasteiger partial charge in [-0.2, -0.15) is 0 Å². The molecule has 0 saturated heterocycles. The molecule has 0 spiro atoms. The van der Waals surface area contributed by atoms with Crippen LogP contribution in [0.25, 0.3) is 0 Å². The van der Waals surface area contributed by atoms with Crippen molar-refractivity contribution < 1.29 is 33.6 Å². The molecule has 0 aromatic heterocycles. The average molecular weight is 586 g/mol. The van der Waals surface area contributed by atoms with Crippen molar-refractivity contribution in [2.24, 2.45) is 10.9 Å². The van der Waals surface area contributed by atoms with Crippen LogP contribution in [-0.2, 0) is 14.3 Å². The molecule has 4 rings (SSSR count). The Morgan fingerprint density at radius 1 is 1.00 bits per heavy atom. The van der Waals surface area contributed by atoms with Crippen molar-refractivity contribution in [2.45, 2.75) is 45.4 Å². The van der Waals surface area contributed by atoms with Crippen LogP contribution in [0.15, 0.2) is 51.1 Å². The summed E-state index contributed by atoms with van der Waals surface area (Å²) >= 11 is 3.41. The number of methoxy groups -OCH3 is 2. The van der Waals surface area contributed by atoms with E-state index in [4.69, 9.17) is 23.9 Å². The van der Waals surface area contributed by atoms with Crippen LogP contribution in [0.1, 0.15) is 56.6 Å². The summed E-state index contributed by atoms with van der Waals surface area (Å²) in [5.74, 6) is -0.438. The van der Waals surface area contributed by atoms with E-state index < -0.39 is 17.8 Å². The minimum absolute atomic E-state index is 0.0174. The molecular formula is C29H32BrNO7. The van der Waals surface area contributed by atoms with Gasteiger partial charge in [0.1, 0.15) is 5.78 Å². The number of hydrogen-bond acceptors (Lipinski definition) is 8. The maximum Gasteiger partial charge on any atom is 0.336 e. The number of ketones is 1. The van der Waals surface area contributed by atoms with Crippen molar-refractivity contribution >= 4 is 33.4 Å². The third-order valence-corrected chi connectivity index (χ3v) is 7.64. The van der Waals surface area contributed by atoms with Crippen molar-refractivity contribution in [3.63, 3.8) is 0 Å². The number of aromatic hydroxyl groups is 1. The van der Waals surface area contributed by atoms with Crippen LogP contribution in [0.2, 0.25) is 0 Å². The Morgan fingerprint density at radius 2 is 1.71 bits per heavy atom. The van der Waals surface area contributed by atoms with Gasteiger partial charge in [-0.1, -0.05) is 6.07 Å². The predicted octanol–water partition coefficient (Wildman–Crippen LogP) is 5.71. The minimum Gasteiger partial charge on any atom is -0.503 e. The molecule has 1 heterocycles. The lowest BCUT2D eigenvalue weighted by Crippen LogP contribution is -2.41. The first kappa shape index (κ1) is 27.7. The van der Waals surface area contributed by atoms with E-state index in [2.05, 4.69) is 15.9 Å². The predicted molar refractivity (Wildman–Crippen MR) is 147 cm³/mol. The van der Waals surface area contributed by atoms with Gasteiger partial charge in [0.2, 0.25) is 0 Å². The summed E-state index contributed by atoms with van der Waals surface area (Å²) in [5, 5.41) is 10.5. The number of esters is 1. The zero-order valence-corrected chi connectivity index (χ0v) is 23.8. The Balaban J connectivity index is 1.81. The number of aliphatic imine (C=N–C) groups is 1. The van der Waals surface area contributed by atoms with Gasteiger partial charge in [0.25, 0.3) is 0 Å². The third-order valence-electron chi connectivity index (χ3n) is 7.04. The summed E-state index contributed by atoms with van der Waals surface area (Å²) in [7, 11) is 3.16. The van der Waals surface area contributed by atoms with Crippen LogP contribution < -0.4 is 14.2 Å². The van der Waals surface area contributed by atoms with Gasteiger partial charge in [-0.15, -0.1) is 0 Å². The van der Waals surface area contributed by atoms with E-state index in [1.807, 2.05) is 25.1 Å². The molecule has 2 aromatic carbocycles. The van der Waals surface area contributed by atoms with Gasteiger partial charge in [-0.3, -0.25) is 9.79 Å². The number of halogens is 1. The first-order valence-corrected chi connectivity index (χ1v) is 13.4. The van der Waals surface area contributed by atoms with Gasteiger partial charge >= 0.3 is 5.97 Å². The number of benzene rings is 2. The average Bonchev–Trinajstić information content (AvgIpc) is 2.89. The summed E-state index contributed by atoms with van der Waals surface area (Å²) in [6, 6.07) is 9.10. The number of fused-ring (bicyclic) bond motifs is 1. The topological polar surface area (TPSA) is 104 Å². The lowest BCUT2D eigenvalue weighted by atomic mass is 9.66. The van der Waals surface area contributed by atoms with E-state index in [1.54, 1.807) is 40.2 Å². The van der Waals surface area contributed by atoms with Crippen LogP contribution in [0, 0.1) is 5.92 Å². The summed E-state index contributed by atoms with van der Waals surface area (Å²) in [4.78, 5) is 31.8. The number of hydrogen-bond donors (Lipinski definition) is 1. The highest BCUT2D eigenvalue weighted by atomic mass is 79.9. The van der Waals surface area contributed by atoms with E-state index in [0.29, 0.717) is 45.8 Å². The van der Waals surface area contributed by atoms with E-state index in [-0.39, 0.29) is 36.2 Å². The van der Waals surface area contributed by atoms with E-state index in [9.17, 15) is 14.7 Å². The molecular weight excluding hydrogens is 554 g/mol. The fourth-order valence-corrected chi connectivity index (χ4v) is 5.85. The molecule has 38 heavy (non-hydrogen) atoms. The molecule has 202 valence electrons. The van der Waals surface area contributed by atoms with Crippen molar-refractivity contribution in [1.29, 1.82) is 0 Å². The van der Waals surface area contributed by atoms with Crippen LogP contribution in [0.4, 0.5) is 0 Å². The number of carbonyl (C=O) groups is 2. The Labute approximate surface area is 230 Å². The number of carbonyl (C=O) groups excluding carboxylic acids is 2. The number of Topliss-reactive ketones (excluding diaryl/α,β-unsaturated/α-hetero) is 1. The van der Waals surface area contributed by atoms with Crippen LogP contribution in [0.3, 0.4) is 0 Å². The number of phenolic OH excluding ortho intramolecular Hbond substituents is 1. The molecule has 0 radical (unpaired) electrons. The van der Waals surface area contributed by atoms with E-state index in [1.165, 1.54) is 0 Å². The quantitative estimate of drug-likeness (QED) is 0.396. The Bertz CT molecular complexity index is 1320. The zero-order chi connectivity index (χ0) is 27.6. The highest BCUT2D eigenvalue weighted by Gasteiger charge is 2.46. The molecule has 1 saturated carbocycles. The largest absolute Gasteiger partial charge is 0.503 e. The van der Waals surface area contributed by atoms with Crippen LogP contribution in [-0.4, -0.2) is 50.0 Å². The second kappa shape index (κ2) is 11.6. The molecule has 3 atom stereocenters. The van der Waals surface area contributed by atoms with Crippen LogP contribution >= 0.6 is 15.9 Å². The monoisotopic (exact) mass is 585 g/mol. The maximum atomic E-state index is 13.9. The molecule has 2 aliphatic rings. The summed E-state index contributed by atoms with van der Waals surface area (Å²) < 4.78 is 22.3. The van der Waals surface area contributed by atoms with Gasteiger partial charge in [0, 0.05) is 23.7 Å². The lowest BCUT2D eigenvalue weighted by molar-refractivity contribution is -0.139. The fourth-order valence-electron chi connectivity index (χ4n) is 5.39. The number of ether oxygens (including phenoxy) is 4. The molecule has 0 bridgehead atoms. The normalized spacial score (nSPS) is 20.9. The SMILES string of the molecule is CCOC(=O)C1=C(C)N=C2C[C@H](c3ccc(OC)c(OC)c3)CC(=O)C2[C@@H]1c1cc(Br)c(O)c(OCC)c1. The van der Waals surface area contributed by atoms with E-state index >= 15 is 0 Å². The number of nitrogens with zero attached hydrogens (tertiary/aromatic N) is 1. The molecule has 8 nitrogen and oxygen atoms in total. The number of phenols is 1. The molecule has 1 N–H and O–H groups in total. The molecule has 1 aliphatic carbocycles. The second-order valence-corrected chi connectivity index (χ2v) is 10.1. The second-order valence-electron chi connectivity index (χ2n) is 9.25. The Morgan fingerprint density at radius 3 is 2.37 bits per heavy atom. The molecule has 1 aliphatic heterocycles. The van der Waals surface area contributed by atoms with Crippen molar-refractivity contribution in [1.82, 2.24) is 0 Å². The summed E-state index contributed by atoms with van der Waals surface area (Å²) in [6.07, 6.45) is 0.829. The number of allylic oxidation sites excluding steroid dienone is 1.